The summed E-state index contributed by atoms with van der Waals surface area (Å²) in [7, 11) is 0. The molecule has 0 unspecified atom stereocenters. The highest BCUT2D eigenvalue weighted by molar-refractivity contribution is 6.06. The Kier molecular flexibility index (Phi) is 6.17. The zero-order valence-corrected chi connectivity index (χ0v) is 17.7. The first kappa shape index (κ1) is 21.1. The van der Waals surface area contributed by atoms with E-state index >= 15 is 0 Å². The predicted octanol–water partition coefficient (Wildman–Crippen LogP) is 4.88. The maximum absolute atomic E-state index is 12.8. The minimum atomic E-state index is -0.371. The van der Waals surface area contributed by atoms with Crippen LogP contribution >= 0.6 is 0 Å². The molecule has 162 valence electrons. The number of nitrogens with one attached hydrogen (secondary N) is 3. The van der Waals surface area contributed by atoms with E-state index in [2.05, 4.69) is 16.0 Å². The summed E-state index contributed by atoms with van der Waals surface area (Å²) in [6.07, 6.45) is 1.19. The number of hydrogen-bond acceptors (Lipinski definition) is 3. The molecule has 3 aromatic carbocycles. The number of amides is 4. The lowest BCUT2D eigenvalue weighted by molar-refractivity contribution is -0.118. The highest BCUT2D eigenvalue weighted by Crippen LogP contribution is 2.29. The second-order valence-electron chi connectivity index (χ2n) is 7.47. The van der Waals surface area contributed by atoms with Crippen LogP contribution in [0.2, 0.25) is 0 Å². The van der Waals surface area contributed by atoms with E-state index in [1.807, 2.05) is 37.3 Å². The van der Waals surface area contributed by atoms with Crippen molar-refractivity contribution in [3.8, 4) is 0 Å². The van der Waals surface area contributed by atoms with E-state index in [0.29, 0.717) is 35.6 Å². The van der Waals surface area contributed by atoms with Gasteiger partial charge in [-0.1, -0.05) is 31.2 Å². The Bertz CT molecular complexity index is 1160. The fourth-order valence-corrected chi connectivity index (χ4v) is 3.69. The number of urea groups is 1. The van der Waals surface area contributed by atoms with Crippen molar-refractivity contribution >= 4 is 40.6 Å². The molecular weight excluding hydrogens is 404 g/mol. The SMILES string of the molecule is CCC(=O)N1CCc2cc(C(=O)Nc3cccc(NC(=O)Nc4ccccc4)c3)ccc21. The Morgan fingerprint density at radius 3 is 2.25 bits per heavy atom. The van der Waals surface area contributed by atoms with Crippen LogP contribution in [0, 0.1) is 0 Å². The lowest BCUT2D eigenvalue weighted by Gasteiger charge is -2.16. The molecule has 0 radical (unpaired) electrons. The van der Waals surface area contributed by atoms with Crippen LogP contribution in [0.15, 0.2) is 72.8 Å². The molecule has 7 nitrogen and oxygen atoms in total. The molecule has 0 aliphatic carbocycles. The van der Waals surface area contributed by atoms with Crippen LogP contribution in [-0.2, 0) is 11.2 Å². The summed E-state index contributed by atoms with van der Waals surface area (Å²) in [5.41, 5.74) is 4.20. The van der Waals surface area contributed by atoms with E-state index in [1.165, 1.54) is 0 Å². The fourth-order valence-electron chi connectivity index (χ4n) is 3.69. The number of nitrogens with zero attached hydrogens (tertiary/aromatic N) is 1. The number of carbonyl (C=O) groups is 3. The predicted molar refractivity (Wildman–Crippen MR) is 126 cm³/mol. The Balaban J connectivity index is 1.41. The average Bonchev–Trinajstić information content (AvgIpc) is 3.22. The van der Waals surface area contributed by atoms with Gasteiger partial charge in [-0.05, 0) is 60.5 Å². The maximum Gasteiger partial charge on any atom is 0.323 e. The maximum atomic E-state index is 12.8. The van der Waals surface area contributed by atoms with Gasteiger partial charge in [0.25, 0.3) is 5.91 Å². The molecule has 7 heteroatoms. The Hall–Kier alpha value is -4.13. The van der Waals surface area contributed by atoms with Crippen molar-refractivity contribution in [2.45, 2.75) is 19.8 Å². The Labute approximate surface area is 186 Å². The smallest absolute Gasteiger partial charge is 0.322 e. The van der Waals surface area contributed by atoms with Crippen molar-refractivity contribution < 1.29 is 14.4 Å². The zero-order valence-electron chi connectivity index (χ0n) is 17.7. The minimum absolute atomic E-state index is 0.0848. The van der Waals surface area contributed by atoms with Gasteiger partial charge in [-0.25, -0.2) is 4.79 Å². The van der Waals surface area contributed by atoms with Gasteiger partial charge in [0.05, 0.1) is 0 Å². The molecule has 0 spiro atoms. The third-order valence-electron chi connectivity index (χ3n) is 5.25. The first-order valence-corrected chi connectivity index (χ1v) is 10.5. The van der Waals surface area contributed by atoms with Gasteiger partial charge < -0.3 is 20.9 Å². The number of fused-ring (bicyclic) bond motifs is 1. The van der Waals surface area contributed by atoms with E-state index < -0.39 is 0 Å². The van der Waals surface area contributed by atoms with Gasteiger partial charge in [-0.15, -0.1) is 0 Å². The molecule has 4 amide bonds. The summed E-state index contributed by atoms with van der Waals surface area (Å²) >= 11 is 0. The van der Waals surface area contributed by atoms with Crippen molar-refractivity contribution in [3.63, 3.8) is 0 Å². The number of anilines is 4. The second-order valence-corrected chi connectivity index (χ2v) is 7.47. The fraction of sp³-hybridized carbons (Fsp3) is 0.160. The minimum Gasteiger partial charge on any atom is -0.322 e. The van der Waals surface area contributed by atoms with Gasteiger partial charge in [0.15, 0.2) is 0 Å². The number of para-hydroxylation sites is 1. The highest BCUT2D eigenvalue weighted by Gasteiger charge is 2.24. The lowest BCUT2D eigenvalue weighted by Crippen LogP contribution is -2.27. The van der Waals surface area contributed by atoms with Gasteiger partial charge in [0.1, 0.15) is 0 Å². The van der Waals surface area contributed by atoms with Gasteiger partial charge in [0, 0.05) is 41.3 Å². The van der Waals surface area contributed by atoms with E-state index in [1.54, 1.807) is 47.4 Å². The second kappa shape index (κ2) is 9.34. The molecule has 3 aromatic rings. The van der Waals surface area contributed by atoms with Crippen LogP contribution in [0.1, 0.15) is 29.3 Å². The van der Waals surface area contributed by atoms with Gasteiger partial charge in [-0.3, -0.25) is 9.59 Å². The summed E-state index contributed by atoms with van der Waals surface area (Å²) in [6, 6.07) is 21.1. The molecule has 0 aromatic heterocycles. The molecule has 0 saturated carbocycles. The number of hydrogen-bond donors (Lipinski definition) is 3. The number of benzene rings is 3. The van der Waals surface area contributed by atoms with Crippen LogP contribution in [0.4, 0.5) is 27.5 Å². The van der Waals surface area contributed by atoms with Crippen molar-refractivity contribution in [1.29, 1.82) is 0 Å². The zero-order chi connectivity index (χ0) is 22.5. The topological polar surface area (TPSA) is 90.5 Å². The molecule has 1 heterocycles. The normalized spacial score (nSPS) is 12.1. The number of carbonyl (C=O) groups excluding carboxylic acids is 3. The molecule has 3 N–H and O–H groups in total. The summed E-state index contributed by atoms with van der Waals surface area (Å²) in [6.45, 7) is 2.49. The van der Waals surface area contributed by atoms with Crippen LogP contribution in [0.3, 0.4) is 0 Å². The molecule has 1 aliphatic heterocycles. The largest absolute Gasteiger partial charge is 0.323 e. The molecule has 0 saturated heterocycles. The van der Waals surface area contributed by atoms with Gasteiger partial charge in [-0.2, -0.15) is 0 Å². The van der Waals surface area contributed by atoms with Crippen LogP contribution in [0.5, 0.6) is 0 Å². The standard InChI is InChI=1S/C25H24N4O3/c1-2-23(30)29-14-13-17-15-18(11-12-22(17)29)24(31)26-20-9-6-10-21(16-20)28-25(32)27-19-7-4-3-5-8-19/h3-12,15-16H,2,13-14H2,1H3,(H,26,31)(H2,27,28,32). The van der Waals surface area contributed by atoms with Crippen LogP contribution in [0.25, 0.3) is 0 Å². The van der Waals surface area contributed by atoms with Crippen molar-refractivity contribution in [3.05, 3.63) is 83.9 Å². The third-order valence-corrected chi connectivity index (χ3v) is 5.25. The molecular formula is C25H24N4O3. The van der Waals surface area contributed by atoms with E-state index in [-0.39, 0.29) is 17.8 Å². The molecule has 0 fully saturated rings. The average molecular weight is 428 g/mol. The highest BCUT2D eigenvalue weighted by atomic mass is 16.2. The first-order valence-electron chi connectivity index (χ1n) is 10.5. The molecule has 0 bridgehead atoms. The van der Waals surface area contributed by atoms with Crippen LogP contribution < -0.4 is 20.9 Å². The summed E-state index contributed by atoms with van der Waals surface area (Å²) in [5, 5.41) is 8.38. The lowest BCUT2D eigenvalue weighted by atomic mass is 10.1. The van der Waals surface area contributed by atoms with Crippen molar-refractivity contribution in [2.24, 2.45) is 0 Å². The molecule has 0 atom stereocenters. The first-order chi connectivity index (χ1) is 15.5. The van der Waals surface area contributed by atoms with Crippen molar-refractivity contribution in [1.82, 2.24) is 0 Å². The van der Waals surface area contributed by atoms with E-state index in [4.69, 9.17) is 0 Å². The summed E-state index contributed by atoms with van der Waals surface area (Å²) in [5.74, 6) is -0.166. The van der Waals surface area contributed by atoms with Crippen LogP contribution in [-0.4, -0.2) is 24.4 Å². The Morgan fingerprint density at radius 1 is 0.812 bits per heavy atom. The van der Waals surface area contributed by atoms with Gasteiger partial charge >= 0.3 is 6.03 Å². The Morgan fingerprint density at radius 2 is 1.50 bits per heavy atom. The molecule has 32 heavy (non-hydrogen) atoms. The summed E-state index contributed by atoms with van der Waals surface area (Å²) < 4.78 is 0. The quantitative estimate of drug-likeness (QED) is 0.541. The monoisotopic (exact) mass is 428 g/mol. The molecule has 1 aliphatic rings. The van der Waals surface area contributed by atoms with Crippen molar-refractivity contribution in [2.75, 3.05) is 27.4 Å². The van der Waals surface area contributed by atoms with Gasteiger partial charge in [0.2, 0.25) is 5.91 Å². The number of rotatable bonds is 5. The summed E-state index contributed by atoms with van der Waals surface area (Å²) in [4.78, 5) is 38.8. The third kappa shape index (κ3) is 4.78. The van der Waals surface area contributed by atoms with E-state index in [9.17, 15) is 14.4 Å². The van der Waals surface area contributed by atoms with E-state index in [0.717, 1.165) is 17.7 Å². The molecule has 4 rings (SSSR count).